The standard InChI is InChI=1S/C21H23ClN4O2/c1-13(2)25-20-9-16(17(22)11-24-20)15-8-18(23-10-15)21(28)26-19(12-27)14-6-4-3-5-7-14/h3-11,13,19,23,27H,12H2,1-2H3,(H,24,25)(H,26,28)/i13D. The molecule has 6 nitrogen and oxygen atoms in total. The first kappa shape index (κ1) is 18.5. The van der Waals surface area contributed by atoms with Crippen LogP contribution in [0.5, 0.6) is 0 Å². The van der Waals surface area contributed by atoms with Crippen molar-refractivity contribution >= 4 is 23.3 Å². The van der Waals surface area contributed by atoms with Crippen molar-refractivity contribution in [1.29, 1.82) is 0 Å². The van der Waals surface area contributed by atoms with E-state index >= 15 is 0 Å². The predicted octanol–water partition coefficient (Wildman–Crippen LogP) is 4.01. The number of carbonyl (C=O) groups is 1. The van der Waals surface area contributed by atoms with Crippen LogP contribution in [0.4, 0.5) is 5.82 Å². The summed E-state index contributed by atoms with van der Waals surface area (Å²) in [6.07, 6.45) is 3.19. The highest BCUT2D eigenvalue weighted by Crippen LogP contribution is 2.30. The lowest BCUT2D eigenvalue weighted by molar-refractivity contribution is 0.0912. The molecule has 1 amide bonds. The molecule has 28 heavy (non-hydrogen) atoms. The van der Waals surface area contributed by atoms with Crippen LogP contribution in [0.3, 0.4) is 0 Å². The fraction of sp³-hybridized carbons (Fsp3) is 0.238. The van der Waals surface area contributed by atoms with Crippen LogP contribution in [0.2, 0.25) is 5.02 Å². The van der Waals surface area contributed by atoms with Gasteiger partial charge >= 0.3 is 0 Å². The van der Waals surface area contributed by atoms with E-state index < -0.39 is 12.1 Å². The van der Waals surface area contributed by atoms with E-state index in [9.17, 15) is 9.90 Å². The summed E-state index contributed by atoms with van der Waals surface area (Å²) in [4.78, 5) is 19.8. The molecule has 0 radical (unpaired) electrons. The summed E-state index contributed by atoms with van der Waals surface area (Å²) in [5.41, 5.74) is 2.57. The summed E-state index contributed by atoms with van der Waals surface area (Å²) in [5.74, 6) is 0.177. The molecule has 1 atom stereocenters. The SMILES string of the molecule is [2H]C(C)(C)Nc1cc(-c2c[nH]c(C(=O)NC(CO)c3ccccc3)c2)c(Cl)cn1. The first-order valence-electron chi connectivity index (χ1n) is 9.36. The van der Waals surface area contributed by atoms with Crippen LogP contribution in [0, 0.1) is 0 Å². The lowest BCUT2D eigenvalue weighted by Gasteiger charge is -2.16. The highest BCUT2D eigenvalue weighted by atomic mass is 35.5. The molecule has 0 aliphatic rings. The minimum absolute atomic E-state index is 0.211. The summed E-state index contributed by atoms with van der Waals surface area (Å²) in [7, 11) is 0. The summed E-state index contributed by atoms with van der Waals surface area (Å²) in [6, 6.07) is 11.3. The number of hydrogen-bond donors (Lipinski definition) is 4. The zero-order valence-corrected chi connectivity index (χ0v) is 16.4. The van der Waals surface area contributed by atoms with Gasteiger partial charge in [-0.3, -0.25) is 4.79 Å². The second kappa shape index (κ2) is 8.91. The number of nitrogens with zero attached hydrogens (tertiary/aromatic N) is 1. The number of carbonyl (C=O) groups excluding carboxylic acids is 1. The van der Waals surface area contributed by atoms with Gasteiger partial charge in [-0.2, -0.15) is 0 Å². The third-order valence-corrected chi connectivity index (χ3v) is 4.46. The van der Waals surface area contributed by atoms with E-state index in [4.69, 9.17) is 13.0 Å². The number of aromatic nitrogens is 2. The third-order valence-electron chi connectivity index (χ3n) is 4.16. The maximum atomic E-state index is 12.6. The number of H-pyrrole nitrogens is 1. The van der Waals surface area contributed by atoms with Gasteiger partial charge in [0.25, 0.3) is 5.91 Å². The molecule has 0 aliphatic heterocycles. The lowest BCUT2D eigenvalue weighted by Crippen LogP contribution is -2.30. The number of halogens is 1. The number of aliphatic hydroxyl groups is 1. The van der Waals surface area contributed by atoms with Crippen molar-refractivity contribution in [2.45, 2.75) is 25.9 Å². The average Bonchev–Trinajstić information content (AvgIpc) is 3.17. The fourth-order valence-corrected chi connectivity index (χ4v) is 3.03. The van der Waals surface area contributed by atoms with Crippen LogP contribution in [0.25, 0.3) is 11.1 Å². The van der Waals surface area contributed by atoms with Crippen molar-refractivity contribution in [1.82, 2.24) is 15.3 Å². The maximum Gasteiger partial charge on any atom is 0.268 e. The van der Waals surface area contributed by atoms with E-state index in [2.05, 4.69) is 20.6 Å². The largest absolute Gasteiger partial charge is 0.394 e. The third kappa shape index (κ3) is 4.71. The molecule has 0 aliphatic carbocycles. The molecule has 146 valence electrons. The highest BCUT2D eigenvalue weighted by Gasteiger charge is 2.17. The molecule has 0 bridgehead atoms. The Bertz CT molecular complexity index is 986. The Balaban J connectivity index is 1.80. The number of aromatic amines is 1. The topological polar surface area (TPSA) is 90.0 Å². The van der Waals surface area contributed by atoms with E-state index in [-0.39, 0.29) is 12.5 Å². The smallest absolute Gasteiger partial charge is 0.268 e. The van der Waals surface area contributed by atoms with Crippen LogP contribution >= 0.6 is 11.6 Å². The monoisotopic (exact) mass is 399 g/mol. The van der Waals surface area contributed by atoms with E-state index in [1.54, 1.807) is 32.2 Å². The molecule has 0 spiro atoms. The molecule has 0 saturated heterocycles. The molecular formula is C21H23ClN4O2. The van der Waals surface area contributed by atoms with Gasteiger partial charge in [-0.15, -0.1) is 0 Å². The molecule has 1 unspecified atom stereocenters. The molecule has 4 N–H and O–H groups in total. The number of rotatable bonds is 7. The normalized spacial score (nSPS) is 12.9. The van der Waals surface area contributed by atoms with Gasteiger partial charge in [0, 0.05) is 29.5 Å². The second-order valence-electron chi connectivity index (χ2n) is 6.60. The number of benzene rings is 1. The van der Waals surface area contributed by atoms with Crippen LogP contribution in [0.15, 0.2) is 54.9 Å². The molecule has 3 aromatic rings. The number of pyridine rings is 1. The van der Waals surface area contributed by atoms with Gasteiger partial charge in [-0.25, -0.2) is 4.98 Å². The molecule has 2 aromatic heterocycles. The van der Waals surface area contributed by atoms with Gasteiger partial charge in [-0.1, -0.05) is 41.9 Å². The predicted molar refractivity (Wildman–Crippen MR) is 112 cm³/mol. The molecule has 2 heterocycles. The first-order valence-corrected chi connectivity index (χ1v) is 9.24. The van der Waals surface area contributed by atoms with Gasteiger partial charge < -0.3 is 20.7 Å². The van der Waals surface area contributed by atoms with Crippen molar-refractivity contribution in [2.75, 3.05) is 11.9 Å². The van der Waals surface area contributed by atoms with E-state index in [0.717, 1.165) is 5.56 Å². The Morgan fingerprint density at radius 3 is 2.75 bits per heavy atom. The van der Waals surface area contributed by atoms with Crippen molar-refractivity contribution in [3.05, 3.63) is 71.1 Å². The Morgan fingerprint density at radius 1 is 1.32 bits per heavy atom. The van der Waals surface area contributed by atoms with Gasteiger partial charge in [0.15, 0.2) is 0 Å². The molecule has 1 aromatic carbocycles. The summed E-state index contributed by atoms with van der Waals surface area (Å²) < 4.78 is 7.95. The van der Waals surface area contributed by atoms with Crippen molar-refractivity contribution < 1.29 is 11.3 Å². The summed E-state index contributed by atoms with van der Waals surface area (Å²) >= 11 is 6.29. The first-order chi connectivity index (χ1) is 13.8. The quantitative estimate of drug-likeness (QED) is 0.483. The minimum atomic E-state index is -0.891. The highest BCUT2D eigenvalue weighted by molar-refractivity contribution is 6.33. The van der Waals surface area contributed by atoms with E-state index in [1.807, 2.05) is 30.3 Å². The van der Waals surface area contributed by atoms with Crippen molar-refractivity contribution in [2.24, 2.45) is 0 Å². The Labute approximate surface area is 170 Å². The Kier molecular flexibility index (Phi) is 5.89. The number of amides is 1. The molecule has 7 heteroatoms. The Morgan fingerprint density at radius 2 is 2.07 bits per heavy atom. The molecule has 0 fully saturated rings. The fourth-order valence-electron chi connectivity index (χ4n) is 2.82. The molecule has 3 rings (SSSR count). The van der Waals surface area contributed by atoms with Gasteiger partial charge in [0.05, 0.1) is 19.0 Å². The second-order valence-corrected chi connectivity index (χ2v) is 7.00. The van der Waals surface area contributed by atoms with Crippen LogP contribution < -0.4 is 10.6 Å². The van der Waals surface area contributed by atoms with Gasteiger partial charge in [0.1, 0.15) is 11.5 Å². The average molecular weight is 400 g/mol. The lowest BCUT2D eigenvalue weighted by atomic mass is 10.1. The molecule has 0 saturated carbocycles. The van der Waals surface area contributed by atoms with E-state index in [1.165, 1.54) is 6.20 Å². The van der Waals surface area contributed by atoms with Gasteiger partial charge in [-0.05, 0) is 31.5 Å². The van der Waals surface area contributed by atoms with Crippen LogP contribution in [-0.4, -0.2) is 33.6 Å². The molecular weight excluding hydrogens is 376 g/mol. The minimum Gasteiger partial charge on any atom is -0.394 e. The zero-order valence-electron chi connectivity index (χ0n) is 16.7. The van der Waals surface area contributed by atoms with Gasteiger partial charge in [0.2, 0.25) is 0 Å². The maximum absolute atomic E-state index is 12.6. The number of hydrogen-bond acceptors (Lipinski definition) is 4. The van der Waals surface area contributed by atoms with Crippen LogP contribution in [-0.2, 0) is 0 Å². The Hall–Kier alpha value is -2.83. The van der Waals surface area contributed by atoms with Crippen LogP contribution in [0.1, 0.15) is 37.3 Å². The summed E-state index contributed by atoms with van der Waals surface area (Å²) in [6.45, 7) is 3.22. The van der Waals surface area contributed by atoms with Crippen molar-refractivity contribution in [3.8, 4) is 11.1 Å². The van der Waals surface area contributed by atoms with E-state index in [0.29, 0.717) is 27.7 Å². The van der Waals surface area contributed by atoms with Crippen molar-refractivity contribution in [3.63, 3.8) is 0 Å². The number of aliphatic hydroxyl groups excluding tert-OH is 1. The number of anilines is 1. The summed E-state index contributed by atoms with van der Waals surface area (Å²) in [5, 5.41) is 15.9. The zero-order chi connectivity index (χ0) is 21.0. The number of nitrogens with one attached hydrogen (secondary N) is 3.